The highest BCUT2D eigenvalue weighted by Crippen LogP contribution is 2.31. The summed E-state index contributed by atoms with van der Waals surface area (Å²) in [6.07, 6.45) is 2.06. The maximum atomic E-state index is 13.2. The molecule has 1 atom stereocenters. The zero-order valence-electron chi connectivity index (χ0n) is 10.5. The van der Waals surface area contributed by atoms with E-state index in [1.807, 2.05) is 0 Å². The third kappa shape index (κ3) is 3.18. The molecular weight excluding hydrogens is 271 g/mol. The van der Waals surface area contributed by atoms with Crippen molar-refractivity contribution in [2.75, 3.05) is 11.1 Å². The molecule has 2 rings (SSSR count). The molecule has 0 spiro atoms. The van der Waals surface area contributed by atoms with E-state index in [1.165, 1.54) is 12.1 Å². The molecule has 1 aromatic carbocycles. The van der Waals surface area contributed by atoms with E-state index in [0.717, 1.165) is 23.8 Å². The van der Waals surface area contributed by atoms with Gasteiger partial charge in [0.15, 0.2) is 5.17 Å². The van der Waals surface area contributed by atoms with Crippen molar-refractivity contribution in [1.82, 2.24) is 0 Å². The molecule has 0 bridgehead atoms. The van der Waals surface area contributed by atoms with Gasteiger partial charge in [-0.15, -0.1) is 0 Å². The number of hydrogen-bond donors (Lipinski definition) is 1. The summed E-state index contributed by atoms with van der Waals surface area (Å²) in [6, 6.07) is 4.29. The fourth-order valence-electron chi connectivity index (χ4n) is 1.73. The summed E-state index contributed by atoms with van der Waals surface area (Å²) in [6.45, 7) is 4.27. The maximum Gasteiger partial charge on any atom is 0.161 e. The van der Waals surface area contributed by atoms with Crippen molar-refractivity contribution < 1.29 is 4.39 Å². The Balaban J connectivity index is 2.21. The molecule has 0 saturated carbocycles. The van der Waals surface area contributed by atoms with Crippen LogP contribution >= 0.6 is 23.4 Å². The average Bonchev–Trinajstić information content (AvgIpc) is 2.34. The SMILES string of the molecule is CCC1(C)CCSC(Nc2cc(F)ccc2Cl)=N1. The van der Waals surface area contributed by atoms with Crippen LogP contribution in [0.1, 0.15) is 26.7 Å². The van der Waals surface area contributed by atoms with Crippen molar-refractivity contribution in [3.63, 3.8) is 0 Å². The number of thioether (sulfide) groups is 1. The molecule has 5 heteroatoms. The Morgan fingerprint density at radius 2 is 2.33 bits per heavy atom. The smallest absolute Gasteiger partial charge is 0.161 e. The molecule has 1 heterocycles. The largest absolute Gasteiger partial charge is 0.334 e. The van der Waals surface area contributed by atoms with Crippen LogP contribution in [0.4, 0.5) is 10.1 Å². The van der Waals surface area contributed by atoms with Crippen LogP contribution in [0.3, 0.4) is 0 Å². The minimum Gasteiger partial charge on any atom is -0.334 e. The van der Waals surface area contributed by atoms with Gasteiger partial charge in [-0.3, -0.25) is 4.99 Å². The lowest BCUT2D eigenvalue weighted by molar-refractivity contribution is 0.443. The van der Waals surface area contributed by atoms with Gasteiger partial charge < -0.3 is 5.32 Å². The molecule has 98 valence electrons. The highest BCUT2D eigenvalue weighted by molar-refractivity contribution is 8.14. The van der Waals surface area contributed by atoms with Gasteiger partial charge in [-0.05, 0) is 38.0 Å². The molecule has 0 aromatic heterocycles. The lowest BCUT2D eigenvalue weighted by atomic mass is 9.97. The lowest BCUT2D eigenvalue weighted by Crippen LogP contribution is -2.29. The molecular formula is C13H16ClFN2S. The van der Waals surface area contributed by atoms with Crippen LogP contribution in [-0.2, 0) is 0 Å². The van der Waals surface area contributed by atoms with Crippen molar-refractivity contribution in [3.8, 4) is 0 Å². The zero-order valence-corrected chi connectivity index (χ0v) is 12.0. The van der Waals surface area contributed by atoms with E-state index < -0.39 is 0 Å². The molecule has 1 aromatic rings. The van der Waals surface area contributed by atoms with Crippen molar-refractivity contribution >= 4 is 34.2 Å². The number of anilines is 1. The van der Waals surface area contributed by atoms with Crippen LogP contribution < -0.4 is 5.32 Å². The quantitative estimate of drug-likeness (QED) is 0.862. The van der Waals surface area contributed by atoms with Crippen molar-refractivity contribution in [1.29, 1.82) is 0 Å². The number of rotatable bonds is 2. The minimum atomic E-state index is -0.304. The summed E-state index contributed by atoms with van der Waals surface area (Å²) in [5.41, 5.74) is 0.552. The molecule has 1 aliphatic rings. The number of nitrogens with zero attached hydrogens (tertiary/aromatic N) is 1. The van der Waals surface area contributed by atoms with E-state index in [0.29, 0.717) is 10.7 Å². The predicted molar refractivity (Wildman–Crippen MR) is 78.2 cm³/mol. The van der Waals surface area contributed by atoms with Crippen LogP contribution in [0.5, 0.6) is 0 Å². The van der Waals surface area contributed by atoms with E-state index in [9.17, 15) is 4.39 Å². The summed E-state index contributed by atoms with van der Waals surface area (Å²) in [5, 5.41) is 4.44. The zero-order chi connectivity index (χ0) is 13.2. The van der Waals surface area contributed by atoms with Crippen LogP contribution in [-0.4, -0.2) is 16.5 Å². The van der Waals surface area contributed by atoms with Gasteiger partial charge in [-0.25, -0.2) is 4.39 Å². The number of halogens is 2. The lowest BCUT2D eigenvalue weighted by Gasteiger charge is -2.29. The third-order valence-corrected chi connectivity index (χ3v) is 4.39. The fraction of sp³-hybridized carbons (Fsp3) is 0.462. The number of aliphatic imine (C=N–C) groups is 1. The van der Waals surface area contributed by atoms with Crippen molar-refractivity contribution in [2.45, 2.75) is 32.2 Å². The van der Waals surface area contributed by atoms with Crippen LogP contribution in [0.2, 0.25) is 5.02 Å². The molecule has 1 aliphatic heterocycles. The first-order valence-corrected chi connectivity index (χ1v) is 7.33. The summed E-state index contributed by atoms with van der Waals surface area (Å²) >= 11 is 7.68. The second-order valence-electron chi connectivity index (χ2n) is 4.62. The van der Waals surface area contributed by atoms with Gasteiger partial charge in [-0.1, -0.05) is 30.3 Å². The standard InChI is InChI=1S/C13H16ClFN2S/c1-3-13(2)6-7-18-12(17-13)16-11-8-9(15)4-5-10(11)14/h4-5,8H,3,6-7H2,1-2H3,(H,16,17). The van der Waals surface area contributed by atoms with E-state index >= 15 is 0 Å². The summed E-state index contributed by atoms with van der Waals surface area (Å²) in [7, 11) is 0. The van der Waals surface area contributed by atoms with Gasteiger partial charge in [0, 0.05) is 5.75 Å². The molecule has 1 unspecified atom stereocenters. The Kier molecular flexibility index (Phi) is 4.17. The minimum absolute atomic E-state index is 0.0205. The Morgan fingerprint density at radius 1 is 1.56 bits per heavy atom. The second-order valence-corrected chi connectivity index (χ2v) is 6.11. The maximum absolute atomic E-state index is 13.2. The molecule has 1 N–H and O–H groups in total. The van der Waals surface area contributed by atoms with Crippen LogP contribution in [0, 0.1) is 5.82 Å². The fourth-order valence-corrected chi connectivity index (χ4v) is 3.10. The van der Waals surface area contributed by atoms with Gasteiger partial charge >= 0.3 is 0 Å². The molecule has 0 fully saturated rings. The summed E-state index contributed by atoms with van der Waals surface area (Å²) < 4.78 is 13.2. The molecule has 0 aliphatic carbocycles. The summed E-state index contributed by atoms with van der Waals surface area (Å²) in [5.74, 6) is 0.713. The van der Waals surface area contributed by atoms with Gasteiger partial charge in [0.25, 0.3) is 0 Å². The third-order valence-electron chi connectivity index (χ3n) is 3.18. The van der Waals surface area contributed by atoms with E-state index in [1.54, 1.807) is 17.8 Å². The molecule has 0 radical (unpaired) electrons. The molecule has 0 saturated heterocycles. The summed E-state index contributed by atoms with van der Waals surface area (Å²) in [4.78, 5) is 4.69. The first kappa shape index (κ1) is 13.7. The molecule has 18 heavy (non-hydrogen) atoms. The van der Waals surface area contributed by atoms with Gasteiger partial charge in [0.05, 0.1) is 16.2 Å². The Labute approximate surface area is 116 Å². The van der Waals surface area contributed by atoms with Crippen molar-refractivity contribution in [2.24, 2.45) is 4.99 Å². The van der Waals surface area contributed by atoms with E-state index in [4.69, 9.17) is 11.6 Å². The van der Waals surface area contributed by atoms with Gasteiger partial charge in [0.2, 0.25) is 0 Å². The topological polar surface area (TPSA) is 24.4 Å². The Bertz CT molecular complexity index is 478. The normalized spacial score (nSPS) is 23.7. The molecule has 2 nitrogen and oxygen atoms in total. The number of amidine groups is 1. The first-order valence-electron chi connectivity index (χ1n) is 5.97. The predicted octanol–water partition coefficient (Wildman–Crippen LogP) is 4.55. The Morgan fingerprint density at radius 3 is 3.06 bits per heavy atom. The number of benzene rings is 1. The highest BCUT2D eigenvalue weighted by Gasteiger charge is 2.26. The van der Waals surface area contributed by atoms with Gasteiger partial charge in [0.1, 0.15) is 5.82 Å². The molecule has 0 amide bonds. The first-order chi connectivity index (χ1) is 8.52. The highest BCUT2D eigenvalue weighted by atomic mass is 35.5. The second kappa shape index (κ2) is 5.49. The number of hydrogen-bond acceptors (Lipinski definition) is 3. The van der Waals surface area contributed by atoms with Crippen molar-refractivity contribution in [3.05, 3.63) is 29.0 Å². The van der Waals surface area contributed by atoms with Crippen LogP contribution in [0.15, 0.2) is 23.2 Å². The van der Waals surface area contributed by atoms with Crippen LogP contribution in [0.25, 0.3) is 0 Å². The Hall–Kier alpha value is -0.740. The monoisotopic (exact) mass is 286 g/mol. The van der Waals surface area contributed by atoms with E-state index in [-0.39, 0.29) is 11.4 Å². The number of nitrogens with one attached hydrogen (secondary N) is 1. The average molecular weight is 287 g/mol. The van der Waals surface area contributed by atoms with Gasteiger partial charge in [-0.2, -0.15) is 0 Å². The van der Waals surface area contributed by atoms with E-state index in [2.05, 4.69) is 24.2 Å².